The van der Waals surface area contributed by atoms with Crippen LogP contribution >= 0.6 is 0 Å². The lowest BCUT2D eigenvalue weighted by Crippen LogP contribution is -2.49. The van der Waals surface area contributed by atoms with Crippen molar-refractivity contribution in [2.75, 3.05) is 0 Å². The number of allylic oxidation sites excluding steroid dienone is 1. The number of hydrogen-bond acceptors (Lipinski definition) is 3. The Balaban J connectivity index is 1.89. The summed E-state index contributed by atoms with van der Waals surface area (Å²) >= 11 is 0. The van der Waals surface area contributed by atoms with Gasteiger partial charge in [0.2, 0.25) is 0 Å². The minimum atomic E-state index is -0.977. The van der Waals surface area contributed by atoms with Gasteiger partial charge in [0, 0.05) is 0 Å². The molecule has 4 heteroatoms. The number of hydrogen-bond donors (Lipinski definition) is 1. The fourth-order valence-corrected chi connectivity index (χ4v) is 4.66. The third kappa shape index (κ3) is 1.99. The molecular weight excluding hydrogens is 278 g/mol. The van der Waals surface area contributed by atoms with Crippen molar-refractivity contribution in [2.24, 2.45) is 11.3 Å². The summed E-state index contributed by atoms with van der Waals surface area (Å²) in [6.45, 7) is 4.27. The van der Waals surface area contributed by atoms with E-state index in [1.807, 2.05) is 0 Å². The Hall–Kier alpha value is -1.16. The largest absolute Gasteiger partial charge is 0.296 e. The second kappa shape index (κ2) is 5.48. The number of nitrogens with zero attached hydrogens (tertiary/aromatic N) is 1. The van der Waals surface area contributed by atoms with Gasteiger partial charge in [0.1, 0.15) is 11.0 Å². The van der Waals surface area contributed by atoms with Gasteiger partial charge in [-0.2, -0.15) is 0 Å². The van der Waals surface area contributed by atoms with Crippen LogP contribution in [0.4, 0.5) is 0 Å². The molecule has 0 aromatic carbocycles. The molecule has 3 aliphatic rings. The van der Waals surface area contributed by atoms with Gasteiger partial charge in [0.05, 0.1) is 0 Å². The summed E-state index contributed by atoms with van der Waals surface area (Å²) in [5.41, 5.74) is -0.581. The topological polar surface area (TPSA) is 57.6 Å². The van der Waals surface area contributed by atoms with Crippen LogP contribution in [0.2, 0.25) is 0 Å². The lowest BCUT2D eigenvalue weighted by molar-refractivity contribution is -0.186. The normalized spacial score (nSPS) is 39.0. The first-order valence-electron chi connectivity index (χ1n) is 8.76. The zero-order chi connectivity index (χ0) is 16.0. The maximum atomic E-state index is 13.2. The van der Waals surface area contributed by atoms with Gasteiger partial charge in [-0.15, -0.1) is 0 Å². The van der Waals surface area contributed by atoms with Gasteiger partial charge in [0.25, 0.3) is 5.91 Å². The summed E-state index contributed by atoms with van der Waals surface area (Å²) < 4.78 is 0. The van der Waals surface area contributed by atoms with E-state index in [0.29, 0.717) is 31.6 Å². The summed E-state index contributed by atoms with van der Waals surface area (Å²) in [4.78, 5) is 26.0. The molecule has 1 aliphatic heterocycles. The van der Waals surface area contributed by atoms with Crippen LogP contribution in [-0.2, 0) is 9.59 Å². The number of carbonyl (C=O) groups is 2. The number of carbonyl (C=O) groups excluding carboxylic acids is 2. The van der Waals surface area contributed by atoms with Gasteiger partial charge in [0.15, 0.2) is 5.78 Å². The van der Waals surface area contributed by atoms with Gasteiger partial charge in [-0.3, -0.25) is 14.8 Å². The zero-order valence-corrected chi connectivity index (χ0v) is 13.7. The molecule has 1 saturated heterocycles. The maximum Gasteiger partial charge on any atom is 0.260 e. The fourth-order valence-electron chi connectivity index (χ4n) is 4.66. The smallest absolute Gasteiger partial charge is 0.260 e. The molecule has 3 rings (SSSR count). The van der Waals surface area contributed by atoms with Crippen LogP contribution in [0.15, 0.2) is 11.6 Å². The molecule has 2 spiro atoms. The molecule has 122 valence electrons. The molecular formula is C18H27NO3. The average Bonchev–Trinajstić information content (AvgIpc) is 2.71. The van der Waals surface area contributed by atoms with E-state index in [2.05, 4.69) is 19.9 Å². The number of rotatable bonds is 2. The molecule has 1 heterocycles. The Kier molecular flexibility index (Phi) is 3.92. The zero-order valence-electron chi connectivity index (χ0n) is 13.7. The monoisotopic (exact) mass is 305 g/mol. The van der Waals surface area contributed by atoms with Crippen LogP contribution in [0.25, 0.3) is 0 Å². The first-order valence-corrected chi connectivity index (χ1v) is 8.76. The van der Waals surface area contributed by atoms with Crippen LogP contribution in [-0.4, -0.2) is 27.5 Å². The van der Waals surface area contributed by atoms with Crippen LogP contribution in [0.1, 0.15) is 71.6 Å². The van der Waals surface area contributed by atoms with Crippen molar-refractivity contribution in [1.82, 2.24) is 5.06 Å². The molecule has 2 aliphatic carbocycles. The molecule has 0 aromatic rings. The number of Topliss-reactive ketones (excluding diaryl/α,β-unsaturated/α-hetero) is 1. The lowest BCUT2D eigenvalue weighted by Gasteiger charge is -2.36. The summed E-state index contributed by atoms with van der Waals surface area (Å²) in [5.74, 6) is 0.279. The Morgan fingerprint density at radius 1 is 1.23 bits per heavy atom. The standard InChI is InChI=1S/C18H27NO3/c1-3-13-5-9-17(10-6-13)15(20)18(19(22)16(17)21)11-7-14(4-2)8-12-18/h7,13,22H,3-6,8-12H2,1-2H3. The first kappa shape index (κ1) is 15.7. The predicted octanol–water partition coefficient (Wildman–Crippen LogP) is 3.63. The molecule has 0 bridgehead atoms. The molecule has 1 atom stereocenters. The van der Waals surface area contributed by atoms with Crippen molar-refractivity contribution in [3.63, 3.8) is 0 Å². The second-order valence-electron chi connectivity index (χ2n) is 7.33. The van der Waals surface area contributed by atoms with E-state index < -0.39 is 11.0 Å². The van der Waals surface area contributed by atoms with E-state index in [1.54, 1.807) is 0 Å². The van der Waals surface area contributed by atoms with Gasteiger partial charge in [-0.1, -0.05) is 31.9 Å². The van der Waals surface area contributed by atoms with Crippen molar-refractivity contribution in [2.45, 2.75) is 77.2 Å². The summed E-state index contributed by atoms with van der Waals surface area (Å²) in [5, 5.41) is 11.3. The Morgan fingerprint density at radius 2 is 1.91 bits per heavy atom. The molecule has 1 unspecified atom stereocenters. The molecule has 4 nitrogen and oxygen atoms in total. The van der Waals surface area contributed by atoms with Crippen LogP contribution < -0.4 is 0 Å². The second-order valence-corrected chi connectivity index (χ2v) is 7.33. The minimum Gasteiger partial charge on any atom is -0.296 e. The third-order valence-electron chi connectivity index (χ3n) is 6.44. The maximum absolute atomic E-state index is 13.2. The first-order chi connectivity index (χ1) is 10.5. The van der Waals surface area contributed by atoms with Crippen LogP contribution in [0.3, 0.4) is 0 Å². The highest BCUT2D eigenvalue weighted by molar-refractivity contribution is 6.16. The highest BCUT2D eigenvalue weighted by Gasteiger charge is 2.66. The molecule has 2 fully saturated rings. The molecule has 1 N–H and O–H groups in total. The van der Waals surface area contributed by atoms with Crippen LogP contribution in [0.5, 0.6) is 0 Å². The fraction of sp³-hybridized carbons (Fsp3) is 0.778. The van der Waals surface area contributed by atoms with E-state index >= 15 is 0 Å². The Labute approximate surface area is 132 Å². The Bertz CT molecular complexity index is 516. The van der Waals surface area contributed by atoms with Crippen LogP contribution in [0, 0.1) is 11.3 Å². The number of amides is 1. The van der Waals surface area contributed by atoms with Gasteiger partial charge >= 0.3 is 0 Å². The van der Waals surface area contributed by atoms with Crippen molar-refractivity contribution >= 4 is 11.7 Å². The number of hydroxylamine groups is 2. The van der Waals surface area contributed by atoms with E-state index in [4.69, 9.17) is 0 Å². The van der Waals surface area contributed by atoms with Crippen molar-refractivity contribution in [3.05, 3.63) is 11.6 Å². The molecule has 1 amide bonds. The van der Waals surface area contributed by atoms with E-state index in [9.17, 15) is 14.8 Å². The summed E-state index contributed by atoms with van der Waals surface area (Å²) in [6.07, 6.45) is 9.10. The highest BCUT2D eigenvalue weighted by Crippen LogP contribution is 2.53. The summed E-state index contributed by atoms with van der Waals surface area (Å²) in [7, 11) is 0. The predicted molar refractivity (Wildman–Crippen MR) is 83.3 cm³/mol. The molecule has 0 radical (unpaired) electrons. The van der Waals surface area contributed by atoms with Crippen molar-refractivity contribution < 1.29 is 14.8 Å². The van der Waals surface area contributed by atoms with E-state index in [-0.39, 0.29) is 11.7 Å². The van der Waals surface area contributed by atoms with Crippen molar-refractivity contribution in [1.29, 1.82) is 0 Å². The molecule has 0 aromatic heterocycles. The number of ketones is 1. The van der Waals surface area contributed by atoms with Crippen molar-refractivity contribution in [3.8, 4) is 0 Å². The SMILES string of the molecule is CCC1=CCC2(CC1)C(=O)C1(CCC(CC)CC1)C(=O)N2O. The molecule has 1 saturated carbocycles. The van der Waals surface area contributed by atoms with Gasteiger partial charge in [-0.05, 0) is 57.3 Å². The van der Waals surface area contributed by atoms with E-state index in [1.165, 1.54) is 5.57 Å². The van der Waals surface area contributed by atoms with Gasteiger partial charge in [-0.25, -0.2) is 5.06 Å². The minimum absolute atomic E-state index is 0.00606. The highest BCUT2D eigenvalue weighted by atomic mass is 16.5. The summed E-state index contributed by atoms with van der Waals surface area (Å²) in [6, 6.07) is 0. The van der Waals surface area contributed by atoms with Gasteiger partial charge < -0.3 is 0 Å². The lowest BCUT2D eigenvalue weighted by atomic mass is 9.64. The third-order valence-corrected chi connectivity index (χ3v) is 6.44. The molecule has 22 heavy (non-hydrogen) atoms. The average molecular weight is 305 g/mol. The quantitative estimate of drug-likeness (QED) is 0.481. The Morgan fingerprint density at radius 3 is 2.41 bits per heavy atom. The van der Waals surface area contributed by atoms with E-state index in [0.717, 1.165) is 37.2 Å².